The number of anilines is 1. The van der Waals surface area contributed by atoms with Gasteiger partial charge in [-0.3, -0.25) is 9.78 Å². The molecule has 38 heavy (non-hydrogen) atoms. The maximum Gasteiger partial charge on any atom is 0.490 e. The van der Waals surface area contributed by atoms with Crippen molar-refractivity contribution in [1.29, 1.82) is 0 Å². The summed E-state index contributed by atoms with van der Waals surface area (Å²) in [6.45, 7) is 2.44. The Hall–Kier alpha value is -4.57. The number of hydrogen-bond acceptors (Lipinski definition) is 10. The van der Waals surface area contributed by atoms with Crippen LogP contribution in [0, 0.1) is 0 Å². The molecule has 7 N–H and O–H groups in total. The van der Waals surface area contributed by atoms with Crippen LogP contribution in [-0.4, -0.2) is 72.3 Å². The number of carbonyl (C=O) groups is 2. The Morgan fingerprint density at radius 3 is 2.37 bits per heavy atom. The molecule has 1 unspecified atom stereocenters. The number of hydrogen-bond donors (Lipinski definition) is 5. The van der Waals surface area contributed by atoms with Gasteiger partial charge in [-0.05, 0) is 17.2 Å². The molecule has 4 rings (SSSR count). The zero-order chi connectivity index (χ0) is 28.0. The summed E-state index contributed by atoms with van der Waals surface area (Å²) >= 11 is 0. The van der Waals surface area contributed by atoms with Crippen molar-refractivity contribution in [2.75, 3.05) is 18.8 Å². The number of nitrogens with one attached hydrogen (secondary N) is 1. The quantitative estimate of drug-likeness (QED) is 0.228. The predicted octanol–water partition coefficient (Wildman–Crippen LogP) is 1.43. The van der Waals surface area contributed by atoms with Gasteiger partial charge in [-0.25, -0.2) is 14.4 Å². The fourth-order valence-electron chi connectivity index (χ4n) is 3.34. The van der Waals surface area contributed by atoms with E-state index >= 15 is 0 Å². The Labute approximate surface area is 212 Å². The number of carbonyl (C=O) groups excluding carboxylic acids is 1. The van der Waals surface area contributed by atoms with Crippen molar-refractivity contribution in [3.63, 3.8) is 0 Å². The lowest BCUT2D eigenvalue weighted by atomic mass is 10.1. The van der Waals surface area contributed by atoms with Crippen LogP contribution in [0.25, 0.3) is 33.8 Å². The SMILES string of the molecule is CCn1c(-c2nonc2N)nc2c(-c3ccccc3)ncc(C(=O)NCC(O)CN)c21.O=C(O)C(F)(F)F. The summed E-state index contributed by atoms with van der Waals surface area (Å²) in [7, 11) is 0. The number of aliphatic carboxylic acids is 1. The molecule has 0 fully saturated rings. The van der Waals surface area contributed by atoms with E-state index in [1.807, 2.05) is 41.8 Å². The highest BCUT2D eigenvalue weighted by molar-refractivity contribution is 6.08. The number of nitrogens with zero attached hydrogens (tertiary/aromatic N) is 5. The average molecular weight is 536 g/mol. The molecule has 3 aromatic heterocycles. The Bertz CT molecular complexity index is 1420. The molecule has 1 amide bonds. The summed E-state index contributed by atoms with van der Waals surface area (Å²) < 4.78 is 38.3. The molecule has 1 atom stereocenters. The summed E-state index contributed by atoms with van der Waals surface area (Å²) in [5.74, 6) is -2.65. The van der Waals surface area contributed by atoms with Crippen LogP contribution in [0.5, 0.6) is 0 Å². The van der Waals surface area contributed by atoms with E-state index in [1.54, 1.807) is 0 Å². The summed E-state index contributed by atoms with van der Waals surface area (Å²) in [5.41, 5.74) is 14.4. The summed E-state index contributed by atoms with van der Waals surface area (Å²) in [4.78, 5) is 31.1. The molecular formula is C22H23F3N8O5. The van der Waals surface area contributed by atoms with Crippen molar-refractivity contribution in [3.8, 4) is 22.8 Å². The number of aromatic nitrogens is 5. The number of carboxylic acids is 1. The van der Waals surface area contributed by atoms with E-state index in [2.05, 4.69) is 20.6 Å². The predicted molar refractivity (Wildman–Crippen MR) is 127 cm³/mol. The van der Waals surface area contributed by atoms with E-state index in [9.17, 15) is 23.1 Å². The van der Waals surface area contributed by atoms with Crippen LogP contribution in [-0.2, 0) is 11.3 Å². The van der Waals surface area contributed by atoms with E-state index in [4.69, 9.17) is 31.0 Å². The molecule has 4 aromatic rings. The van der Waals surface area contributed by atoms with E-state index in [1.165, 1.54) is 6.20 Å². The number of aliphatic hydroxyl groups is 1. The number of pyridine rings is 1. The molecule has 0 aliphatic heterocycles. The molecule has 0 aliphatic rings. The van der Waals surface area contributed by atoms with E-state index in [0.29, 0.717) is 34.7 Å². The van der Waals surface area contributed by atoms with Crippen molar-refractivity contribution in [1.82, 2.24) is 30.2 Å². The number of nitrogen functional groups attached to an aromatic ring is 1. The summed E-state index contributed by atoms with van der Waals surface area (Å²) in [6.07, 6.45) is -4.43. The van der Waals surface area contributed by atoms with E-state index in [0.717, 1.165) is 5.56 Å². The second kappa shape index (κ2) is 11.7. The van der Waals surface area contributed by atoms with Gasteiger partial charge >= 0.3 is 12.1 Å². The minimum Gasteiger partial charge on any atom is -0.475 e. The van der Waals surface area contributed by atoms with Gasteiger partial charge in [0.25, 0.3) is 5.91 Å². The van der Waals surface area contributed by atoms with E-state index < -0.39 is 24.2 Å². The molecule has 1 aromatic carbocycles. The zero-order valence-corrected chi connectivity index (χ0v) is 19.8. The van der Waals surface area contributed by atoms with Crippen LogP contribution >= 0.6 is 0 Å². The topological polar surface area (TPSA) is 208 Å². The Balaban J connectivity index is 0.000000505. The van der Waals surface area contributed by atoms with Crippen LogP contribution < -0.4 is 16.8 Å². The number of rotatable bonds is 7. The fourth-order valence-corrected chi connectivity index (χ4v) is 3.34. The smallest absolute Gasteiger partial charge is 0.475 e. The number of aryl methyl sites for hydroxylation is 1. The van der Waals surface area contributed by atoms with Gasteiger partial charge in [0.15, 0.2) is 17.3 Å². The highest BCUT2D eigenvalue weighted by Gasteiger charge is 2.38. The molecule has 0 saturated heterocycles. The van der Waals surface area contributed by atoms with Crippen molar-refractivity contribution in [2.45, 2.75) is 25.7 Å². The largest absolute Gasteiger partial charge is 0.490 e. The fraction of sp³-hybridized carbons (Fsp3) is 0.273. The molecule has 3 heterocycles. The number of amides is 1. The van der Waals surface area contributed by atoms with Gasteiger partial charge in [-0.15, -0.1) is 0 Å². The van der Waals surface area contributed by atoms with Crippen LogP contribution in [0.3, 0.4) is 0 Å². The Kier molecular flexibility index (Phi) is 8.59. The van der Waals surface area contributed by atoms with Gasteiger partial charge in [0.05, 0.1) is 22.9 Å². The minimum atomic E-state index is -5.08. The first-order chi connectivity index (χ1) is 18.0. The summed E-state index contributed by atoms with van der Waals surface area (Å²) in [6, 6.07) is 9.53. The highest BCUT2D eigenvalue weighted by atomic mass is 19.4. The normalized spacial score (nSPS) is 12.1. The maximum absolute atomic E-state index is 12.9. The number of benzene rings is 1. The van der Waals surface area contributed by atoms with E-state index in [-0.39, 0.29) is 24.6 Å². The van der Waals surface area contributed by atoms with Gasteiger partial charge in [-0.2, -0.15) is 13.2 Å². The van der Waals surface area contributed by atoms with Crippen molar-refractivity contribution >= 4 is 28.7 Å². The van der Waals surface area contributed by atoms with Crippen LogP contribution in [0.15, 0.2) is 41.2 Å². The standard InChI is InChI=1S/C20H22N8O3.C2HF3O2/c1-2-28-17-13(20(30)24-9-12(29)8-21)10-23-14(11-6-4-3-5-7-11)15(17)25-19(28)16-18(22)27-31-26-16;3-2(4,5)1(6)7/h3-7,10,12,29H,2,8-9,21H2,1H3,(H2,22,27)(H,24,30);(H,6,7). The van der Waals surface area contributed by atoms with Crippen LogP contribution in [0.2, 0.25) is 0 Å². The molecular weight excluding hydrogens is 513 g/mol. The zero-order valence-electron chi connectivity index (χ0n) is 19.8. The molecule has 0 spiro atoms. The van der Waals surface area contributed by atoms with Gasteiger partial charge < -0.3 is 31.6 Å². The number of carboxylic acid groups (broad SMARTS) is 1. The molecule has 202 valence electrons. The second-order valence-electron chi connectivity index (χ2n) is 7.66. The number of alkyl halides is 3. The van der Waals surface area contributed by atoms with Gasteiger partial charge in [0.1, 0.15) is 5.52 Å². The first kappa shape index (κ1) is 28.0. The molecule has 16 heteroatoms. The molecule has 0 saturated carbocycles. The average Bonchev–Trinajstić information content (AvgIpc) is 3.49. The first-order valence-corrected chi connectivity index (χ1v) is 11.0. The number of fused-ring (bicyclic) bond motifs is 1. The Morgan fingerprint density at radius 2 is 1.84 bits per heavy atom. The number of imidazole rings is 1. The number of aliphatic hydroxyl groups excluding tert-OH is 1. The maximum atomic E-state index is 12.9. The van der Waals surface area contributed by atoms with Crippen LogP contribution in [0.1, 0.15) is 17.3 Å². The molecule has 13 nitrogen and oxygen atoms in total. The monoisotopic (exact) mass is 536 g/mol. The lowest BCUT2D eigenvalue weighted by molar-refractivity contribution is -0.192. The van der Waals surface area contributed by atoms with Gasteiger partial charge in [-0.1, -0.05) is 30.3 Å². The highest BCUT2D eigenvalue weighted by Crippen LogP contribution is 2.33. The number of nitrogens with two attached hydrogens (primary N) is 2. The van der Waals surface area contributed by atoms with Crippen molar-refractivity contribution < 1.29 is 37.6 Å². The van der Waals surface area contributed by atoms with Gasteiger partial charge in [0.2, 0.25) is 0 Å². The third kappa shape index (κ3) is 6.04. The lowest BCUT2D eigenvalue weighted by Crippen LogP contribution is -2.36. The minimum absolute atomic E-state index is 0.0184. The second-order valence-corrected chi connectivity index (χ2v) is 7.66. The first-order valence-electron chi connectivity index (χ1n) is 11.0. The van der Waals surface area contributed by atoms with Crippen LogP contribution in [0.4, 0.5) is 19.0 Å². The third-order valence-electron chi connectivity index (χ3n) is 5.12. The molecule has 0 bridgehead atoms. The van der Waals surface area contributed by atoms with Crippen molar-refractivity contribution in [3.05, 3.63) is 42.1 Å². The summed E-state index contributed by atoms with van der Waals surface area (Å²) in [5, 5.41) is 27.0. The third-order valence-corrected chi connectivity index (χ3v) is 5.12. The molecule has 0 radical (unpaired) electrons. The Morgan fingerprint density at radius 1 is 1.18 bits per heavy atom. The van der Waals surface area contributed by atoms with Crippen molar-refractivity contribution in [2.24, 2.45) is 5.73 Å². The van der Waals surface area contributed by atoms with Gasteiger partial charge in [0, 0.05) is 31.4 Å². The molecule has 0 aliphatic carbocycles. The number of halogens is 3. The lowest BCUT2D eigenvalue weighted by Gasteiger charge is -2.12.